The molecule has 0 saturated carbocycles. The van der Waals surface area contributed by atoms with Gasteiger partial charge in [-0.3, -0.25) is 10.1 Å². The molecule has 1 unspecified atom stereocenters. The van der Waals surface area contributed by atoms with Crippen LogP contribution in [0.3, 0.4) is 0 Å². The highest BCUT2D eigenvalue weighted by Crippen LogP contribution is 2.27. The molecule has 7 nitrogen and oxygen atoms in total. The normalized spacial score (nSPS) is 21.2. The van der Waals surface area contributed by atoms with Crippen molar-refractivity contribution in [2.24, 2.45) is 0 Å². The summed E-state index contributed by atoms with van der Waals surface area (Å²) >= 11 is 0. The Morgan fingerprint density at radius 3 is 2.95 bits per heavy atom. The molecule has 0 aliphatic carbocycles. The molecule has 0 spiro atoms. The first-order valence-electron chi connectivity index (χ1n) is 6.99. The highest BCUT2D eigenvalue weighted by Gasteiger charge is 2.32. The molecular weight excluding hydrogens is 276 g/mol. The molecule has 0 bridgehead atoms. The number of aliphatic hydroxyl groups is 1. The van der Waals surface area contributed by atoms with Crippen LogP contribution in [-0.2, 0) is 4.74 Å². The van der Waals surface area contributed by atoms with E-state index in [1.54, 1.807) is 6.07 Å². The second-order valence-electron chi connectivity index (χ2n) is 5.20. The molecular formula is C14H20N2O5. The minimum atomic E-state index is -0.922. The smallest absolute Gasteiger partial charge is 0.275 e. The van der Waals surface area contributed by atoms with Gasteiger partial charge in [0.1, 0.15) is 11.4 Å². The Hall–Kier alpha value is -1.86. The fraction of sp³-hybridized carbons (Fsp3) is 0.571. The maximum Gasteiger partial charge on any atom is 0.275 e. The van der Waals surface area contributed by atoms with Crippen LogP contribution in [0.5, 0.6) is 5.75 Å². The molecule has 0 amide bonds. The van der Waals surface area contributed by atoms with Gasteiger partial charge in [-0.1, -0.05) is 6.92 Å². The Kier molecular flexibility index (Phi) is 4.98. The number of nitro benzene ring substituents is 1. The lowest BCUT2D eigenvalue weighted by Crippen LogP contribution is -2.37. The fourth-order valence-electron chi connectivity index (χ4n) is 2.10. The third-order valence-corrected chi connectivity index (χ3v) is 3.28. The molecule has 1 heterocycles. The molecule has 1 fully saturated rings. The summed E-state index contributed by atoms with van der Waals surface area (Å²) in [5.74, 6) is 0.447. The summed E-state index contributed by atoms with van der Waals surface area (Å²) in [5, 5.41) is 24.2. The van der Waals surface area contributed by atoms with Crippen LogP contribution in [0.4, 0.5) is 11.4 Å². The maximum absolute atomic E-state index is 11.0. The van der Waals surface area contributed by atoms with Crippen molar-refractivity contribution < 1.29 is 19.5 Å². The summed E-state index contributed by atoms with van der Waals surface area (Å²) in [6.07, 6.45) is 1.37. The molecule has 1 aromatic rings. The zero-order valence-corrected chi connectivity index (χ0v) is 12.0. The van der Waals surface area contributed by atoms with Crippen molar-refractivity contribution in [1.82, 2.24) is 0 Å². The zero-order chi connectivity index (χ0) is 15.3. The molecule has 1 aromatic carbocycles. The van der Waals surface area contributed by atoms with Crippen molar-refractivity contribution in [2.45, 2.75) is 25.4 Å². The molecule has 21 heavy (non-hydrogen) atoms. The molecule has 2 rings (SSSR count). The molecule has 7 heteroatoms. The van der Waals surface area contributed by atoms with Crippen molar-refractivity contribution in [3.05, 3.63) is 28.3 Å². The quantitative estimate of drug-likeness (QED) is 0.590. The molecule has 1 saturated heterocycles. The number of non-ortho nitro benzene ring substituents is 1. The van der Waals surface area contributed by atoms with Gasteiger partial charge in [-0.2, -0.15) is 0 Å². The Morgan fingerprint density at radius 2 is 2.33 bits per heavy atom. The summed E-state index contributed by atoms with van der Waals surface area (Å²) < 4.78 is 10.6. The second-order valence-corrected chi connectivity index (χ2v) is 5.20. The lowest BCUT2D eigenvalue weighted by molar-refractivity contribution is -0.384. The highest BCUT2D eigenvalue weighted by atomic mass is 16.6. The summed E-state index contributed by atoms with van der Waals surface area (Å²) in [4.78, 5) is 10.5. The predicted molar refractivity (Wildman–Crippen MR) is 77.8 cm³/mol. The molecule has 116 valence electrons. The van der Waals surface area contributed by atoms with E-state index in [1.807, 2.05) is 6.92 Å². The maximum atomic E-state index is 11.0. The van der Waals surface area contributed by atoms with E-state index < -0.39 is 10.5 Å². The molecule has 1 aliphatic heterocycles. The van der Waals surface area contributed by atoms with E-state index >= 15 is 0 Å². The van der Waals surface area contributed by atoms with E-state index in [0.29, 0.717) is 31.1 Å². The monoisotopic (exact) mass is 296 g/mol. The number of anilines is 1. The number of hydrogen-bond acceptors (Lipinski definition) is 6. The van der Waals surface area contributed by atoms with Gasteiger partial charge >= 0.3 is 0 Å². The van der Waals surface area contributed by atoms with Crippen LogP contribution in [0.15, 0.2) is 18.2 Å². The van der Waals surface area contributed by atoms with Gasteiger partial charge in [0.2, 0.25) is 0 Å². The van der Waals surface area contributed by atoms with Gasteiger partial charge in [-0.15, -0.1) is 0 Å². The number of hydrogen-bond donors (Lipinski definition) is 2. The van der Waals surface area contributed by atoms with Gasteiger partial charge in [0.15, 0.2) is 0 Å². The Labute approximate surface area is 123 Å². The minimum Gasteiger partial charge on any atom is -0.493 e. The van der Waals surface area contributed by atoms with Crippen LogP contribution in [0.2, 0.25) is 0 Å². The third kappa shape index (κ3) is 4.30. The van der Waals surface area contributed by atoms with Crippen LogP contribution < -0.4 is 10.1 Å². The summed E-state index contributed by atoms with van der Waals surface area (Å²) in [6.45, 7) is 3.54. The van der Waals surface area contributed by atoms with Gasteiger partial charge in [0.25, 0.3) is 5.69 Å². The van der Waals surface area contributed by atoms with Gasteiger partial charge < -0.3 is 19.9 Å². The van der Waals surface area contributed by atoms with E-state index in [4.69, 9.17) is 9.47 Å². The van der Waals surface area contributed by atoms with Crippen LogP contribution in [0.25, 0.3) is 0 Å². The number of nitro groups is 1. The first-order chi connectivity index (χ1) is 10.0. The number of nitrogens with one attached hydrogen (secondary N) is 1. The average molecular weight is 296 g/mol. The van der Waals surface area contributed by atoms with Gasteiger partial charge in [0.05, 0.1) is 24.2 Å². The molecule has 2 N–H and O–H groups in total. The second kappa shape index (κ2) is 6.73. The lowest BCUT2D eigenvalue weighted by Gasteiger charge is -2.21. The molecule has 1 aliphatic rings. The van der Waals surface area contributed by atoms with Gasteiger partial charge in [-0.05, 0) is 6.42 Å². The Balaban J connectivity index is 2.09. The van der Waals surface area contributed by atoms with Crippen molar-refractivity contribution in [1.29, 1.82) is 0 Å². The fourth-order valence-corrected chi connectivity index (χ4v) is 2.10. The third-order valence-electron chi connectivity index (χ3n) is 3.28. The van der Waals surface area contributed by atoms with E-state index in [1.165, 1.54) is 12.1 Å². The van der Waals surface area contributed by atoms with Gasteiger partial charge in [-0.25, -0.2) is 0 Å². The summed E-state index contributed by atoms with van der Waals surface area (Å²) in [6, 6.07) is 4.52. The van der Waals surface area contributed by atoms with Crippen LogP contribution >= 0.6 is 0 Å². The summed E-state index contributed by atoms with van der Waals surface area (Å²) in [5.41, 5.74) is -0.411. The standard InChI is InChI=1S/C14H20N2O5/c1-2-4-21-13-7-11(6-12(8-13)16(18)19)15-9-14(17)3-5-20-10-14/h6-8,15,17H,2-5,9-10H2,1H3. The zero-order valence-electron chi connectivity index (χ0n) is 12.0. The van der Waals surface area contributed by atoms with Gasteiger partial charge in [0, 0.05) is 37.4 Å². The first kappa shape index (κ1) is 15.5. The van der Waals surface area contributed by atoms with Crippen LogP contribution in [0, 0.1) is 10.1 Å². The number of benzene rings is 1. The minimum absolute atomic E-state index is 0.0410. The Morgan fingerprint density at radius 1 is 1.52 bits per heavy atom. The average Bonchev–Trinajstić information content (AvgIpc) is 2.90. The largest absolute Gasteiger partial charge is 0.493 e. The van der Waals surface area contributed by atoms with Crippen LogP contribution in [0.1, 0.15) is 19.8 Å². The van der Waals surface area contributed by atoms with Crippen molar-refractivity contribution >= 4 is 11.4 Å². The predicted octanol–water partition coefficient (Wildman–Crippen LogP) is 1.95. The topological polar surface area (TPSA) is 93.9 Å². The van der Waals surface area contributed by atoms with Crippen LogP contribution in [-0.4, -0.2) is 42.0 Å². The lowest BCUT2D eigenvalue weighted by atomic mass is 10.0. The SMILES string of the molecule is CCCOc1cc(NCC2(O)CCOC2)cc([N+](=O)[O-])c1. The van der Waals surface area contributed by atoms with Crippen molar-refractivity contribution in [3.8, 4) is 5.75 Å². The Bertz CT molecular complexity index is 500. The van der Waals surface area contributed by atoms with E-state index in [-0.39, 0.29) is 18.8 Å². The first-order valence-corrected chi connectivity index (χ1v) is 6.99. The molecule has 0 aromatic heterocycles. The molecule has 0 radical (unpaired) electrons. The highest BCUT2D eigenvalue weighted by molar-refractivity contribution is 5.56. The molecule has 1 atom stereocenters. The summed E-state index contributed by atoms with van der Waals surface area (Å²) in [7, 11) is 0. The number of rotatable bonds is 7. The van der Waals surface area contributed by atoms with E-state index in [0.717, 1.165) is 6.42 Å². The van der Waals surface area contributed by atoms with Crippen molar-refractivity contribution in [2.75, 3.05) is 31.7 Å². The van der Waals surface area contributed by atoms with E-state index in [9.17, 15) is 15.2 Å². The van der Waals surface area contributed by atoms with Crippen molar-refractivity contribution in [3.63, 3.8) is 0 Å². The van der Waals surface area contributed by atoms with E-state index in [2.05, 4.69) is 5.32 Å². The number of nitrogens with zero attached hydrogens (tertiary/aromatic N) is 1. The number of ether oxygens (including phenoxy) is 2.